The number of carbonyl (C=O) groups is 2. The van der Waals surface area contributed by atoms with Crippen LogP contribution in [0.15, 0.2) is 18.2 Å². The number of ether oxygens (including phenoxy) is 2. The fraction of sp³-hybridized carbons (Fsp3) is 0.467. The maximum absolute atomic E-state index is 12.7. The number of amides is 1. The number of benzene rings is 1. The highest BCUT2D eigenvalue weighted by Crippen LogP contribution is 2.27. The van der Waals surface area contributed by atoms with Gasteiger partial charge >= 0.3 is 5.97 Å². The van der Waals surface area contributed by atoms with Gasteiger partial charge < -0.3 is 14.4 Å². The van der Waals surface area contributed by atoms with Crippen LogP contribution in [0.2, 0.25) is 5.02 Å². The first kappa shape index (κ1) is 15.6. The molecule has 114 valence electrons. The lowest BCUT2D eigenvalue weighted by Gasteiger charge is -2.34. The summed E-state index contributed by atoms with van der Waals surface area (Å²) in [6.45, 7) is 0.532. The molecule has 0 aliphatic carbocycles. The zero-order valence-electron chi connectivity index (χ0n) is 12.1. The fourth-order valence-corrected chi connectivity index (χ4v) is 2.71. The van der Waals surface area contributed by atoms with Crippen molar-refractivity contribution >= 4 is 23.5 Å². The standard InChI is InChI=1S/C15H18ClNO4/c1-20-13-9-10(16)6-7-11(13)14(18)17-8-4-3-5-12(17)15(19)21-2/h6-7,9,12H,3-5,8H2,1-2H3/t12-/m1/s1. The van der Waals surface area contributed by atoms with Gasteiger partial charge in [0.25, 0.3) is 5.91 Å². The number of methoxy groups -OCH3 is 2. The molecule has 21 heavy (non-hydrogen) atoms. The molecular formula is C15H18ClNO4. The summed E-state index contributed by atoms with van der Waals surface area (Å²) in [5, 5.41) is 0.492. The van der Waals surface area contributed by atoms with E-state index in [9.17, 15) is 9.59 Å². The van der Waals surface area contributed by atoms with Gasteiger partial charge in [-0.2, -0.15) is 0 Å². The van der Waals surface area contributed by atoms with Crippen molar-refractivity contribution in [3.05, 3.63) is 28.8 Å². The molecule has 1 aliphatic heterocycles. The Hall–Kier alpha value is -1.75. The Balaban J connectivity index is 2.31. The monoisotopic (exact) mass is 311 g/mol. The predicted octanol–water partition coefficient (Wildman–Crippen LogP) is 2.52. The summed E-state index contributed by atoms with van der Waals surface area (Å²) in [7, 11) is 2.82. The number of halogens is 1. The number of hydrogen-bond acceptors (Lipinski definition) is 4. The Morgan fingerprint density at radius 3 is 2.71 bits per heavy atom. The van der Waals surface area contributed by atoms with Crippen molar-refractivity contribution in [2.75, 3.05) is 20.8 Å². The molecule has 1 aromatic rings. The molecule has 0 spiro atoms. The van der Waals surface area contributed by atoms with E-state index in [1.165, 1.54) is 14.2 Å². The Kier molecular flexibility index (Phi) is 5.07. The molecule has 1 atom stereocenters. The van der Waals surface area contributed by atoms with Gasteiger partial charge in [-0.05, 0) is 37.5 Å². The van der Waals surface area contributed by atoms with Crippen LogP contribution in [-0.2, 0) is 9.53 Å². The highest BCUT2D eigenvalue weighted by atomic mass is 35.5. The third-order valence-electron chi connectivity index (χ3n) is 3.63. The van der Waals surface area contributed by atoms with Crippen molar-refractivity contribution in [2.24, 2.45) is 0 Å². The Bertz CT molecular complexity index is 546. The zero-order chi connectivity index (χ0) is 15.4. The minimum atomic E-state index is -0.531. The van der Waals surface area contributed by atoms with E-state index in [1.807, 2.05) is 0 Å². The van der Waals surface area contributed by atoms with Gasteiger partial charge in [-0.25, -0.2) is 4.79 Å². The van der Waals surface area contributed by atoms with Crippen LogP contribution < -0.4 is 4.74 Å². The van der Waals surface area contributed by atoms with Gasteiger partial charge in [0.1, 0.15) is 11.8 Å². The molecule has 1 fully saturated rings. The van der Waals surface area contributed by atoms with Crippen molar-refractivity contribution in [1.29, 1.82) is 0 Å². The molecule has 1 saturated heterocycles. The molecule has 6 heteroatoms. The van der Waals surface area contributed by atoms with Crippen LogP contribution in [0.4, 0.5) is 0 Å². The van der Waals surface area contributed by atoms with Crippen molar-refractivity contribution in [3.8, 4) is 5.75 Å². The molecule has 1 heterocycles. The topological polar surface area (TPSA) is 55.8 Å². The van der Waals surface area contributed by atoms with E-state index in [1.54, 1.807) is 23.1 Å². The lowest BCUT2D eigenvalue weighted by atomic mass is 10.0. The lowest BCUT2D eigenvalue weighted by Crippen LogP contribution is -2.48. The SMILES string of the molecule is COC(=O)[C@H]1CCCCN1C(=O)c1ccc(Cl)cc1OC. The number of carbonyl (C=O) groups excluding carboxylic acids is 2. The smallest absolute Gasteiger partial charge is 0.328 e. The van der Waals surface area contributed by atoms with Gasteiger partial charge in [0.15, 0.2) is 0 Å². The summed E-state index contributed by atoms with van der Waals surface area (Å²) in [6, 6.07) is 4.31. The van der Waals surface area contributed by atoms with Crippen LogP contribution in [0.3, 0.4) is 0 Å². The minimum absolute atomic E-state index is 0.237. The summed E-state index contributed by atoms with van der Waals surface area (Å²) >= 11 is 5.91. The highest BCUT2D eigenvalue weighted by Gasteiger charge is 2.34. The van der Waals surface area contributed by atoms with E-state index < -0.39 is 6.04 Å². The summed E-state index contributed by atoms with van der Waals surface area (Å²) in [5.74, 6) is -0.212. The quantitative estimate of drug-likeness (QED) is 0.805. The van der Waals surface area contributed by atoms with E-state index in [4.69, 9.17) is 21.1 Å². The van der Waals surface area contributed by atoms with E-state index in [-0.39, 0.29) is 11.9 Å². The van der Waals surface area contributed by atoms with E-state index in [0.717, 1.165) is 12.8 Å². The van der Waals surface area contributed by atoms with Crippen molar-refractivity contribution in [3.63, 3.8) is 0 Å². The molecule has 1 aromatic carbocycles. The van der Waals surface area contributed by atoms with Crippen LogP contribution in [0.25, 0.3) is 0 Å². The predicted molar refractivity (Wildman–Crippen MR) is 78.7 cm³/mol. The van der Waals surface area contributed by atoms with Crippen molar-refractivity contribution < 1.29 is 19.1 Å². The Labute approximate surface area is 128 Å². The molecule has 0 aromatic heterocycles. The molecule has 0 N–H and O–H groups in total. The number of esters is 1. The normalized spacial score (nSPS) is 18.2. The molecule has 0 radical (unpaired) electrons. The van der Waals surface area contributed by atoms with Gasteiger partial charge in [0.05, 0.1) is 19.8 Å². The number of piperidine rings is 1. The first-order valence-corrected chi connectivity index (χ1v) is 7.18. The summed E-state index contributed by atoms with van der Waals surface area (Å²) < 4.78 is 10.0. The number of nitrogens with zero attached hydrogens (tertiary/aromatic N) is 1. The second-order valence-electron chi connectivity index (χ2n) is 4.88. The molecule has 2 rings (SSSR count). The third-order valence-corrected chi connectivity index (χ3v) is 3.87. The van der Waals surface area contributed by atoms with Crippen LogP contribution in [-0.4, -0.2) is 43.6 Å². The second kappa shape index (κ2) is 6.80. The lowest BCUT2D eigenvalue weighted by molar-refractivity contribution is -0.147. The van der Waals surface area contributed by atoms with Gasteiger partial charge in [0, 0.05) is 11.6 Å². The van der Waals surface area contributed by atoms with Crippen LogP contribution in [0, 0.1) is 0 Å². The molecule has 5 nitrogen and oxygen atoms in total. The van der Waals surface area contributed by atoms with Gasteiger partial charge in [-0.1, -0.05) is 11.6 Å². The molecule has 0 bridgehead atoms. The first-order valence-electron chi connectivity index (χ1n) is 6.80. The molecule has 0 saturated carbocycles. The largest absolute Gasteiger partial charge is 0.496 e. The number of rotatable bonds is 3. The molecule has 1 amide bonds. The highest BCUT2D eigenvalue weighted by molar-refractivity contribution is 6.30. The average Bonchev–Trinajstić information content (AvgIpc) is 2.53. The van der Waals surface area contributed by atoms with E-state index in [2.05, 4.69) is 0 Å². The maximum Gasteiger partial charge on any atom is 0.328 e. The molecular weight excluding hydrogens is 294 g/mol. The second-order valence-corrected chi connectivity index (χ2v) is 5.31. The van der Waals surface area contributed by atoms with Crippen LogP contribution in [0.5, 0.6) is 5.75 Å². The van der Waals surface area contributed by atoms with Gasteiger partial charge in [-0.3, -0.25) is 4.79 Å². The fourth-order valence-electron chi connectivity index (χ4n) is 2.55. The maximum atomic E-state index is 12.7. The van der Waals surface area contributed by atoms with Crippen molar-refractivity contribution in [2.45, 2.75) is 25.3 Å². The average molecular weight is 312 g/mol. The minimum Gasteiger partial charge on any atom is -0.496 e. The van der Waals surface area contributed by atoms with E-state index >= 15 is 0 Å². The first-order chi connectivity index (χ1) is 10.1. The number of hydrogen-bond donors (Lipinski definition) is 0. The molecule has 0 unspecified atom stereocenters. The van der Waals surface area contributed by atoms with Gasteiger partial charge in [0.2, 0.25) is 0 Å². The molecule has 1 aliphatic rings. The summed E-state index contributed by atoms with van der Waals surface area (Å²) in [6.07, 6.45) is 2.39. The Morgan fingerprint density at radius 2 is 2.05 bits per heavy atom. The van der Waals surface area contributed by atoms with Crippen LogP contribution in [0.1, 0.15) is 29.6 Å². The Morgan fingerprint density at radius 1 is 1.29 bits per heavy atom. The van der Waals surface area contributed by atoms with Crippen molar-refractivity contribution in [1.82, 2.24) is 4.90 Å². The summed E-state index contributed by atoms with van der Waals surface area (Å²) in [4.78, 5) is 26.1. The van der Waals surface area contributed by atoms with Crippen LogP contribution >= 0.6 is 11.6 Å². The van der Waals surface area contributed by atoms with Gasteiger partial charge in [-0.15, -0.1) is 0 Å². The zero-order valence-corrected chi connectivity index (χ0v) is 12.9. The summed E-state index contributed by atoms with van der Waals surface area (Å²) in [5.41, 5.74) is 0.401. The van der Waals surface area contributed by atoms with E-state index in [0.29, 0.717) is 29.3 Å². The number of likely N-dealkylation sites (tertiary alicyclic amines) is 1. The third kappa shape index (κ3) is 3.29.